The number of aliphatic hydroxyl groups is 1. The van der Waals surface area contributed by atoms with Crippen molar-refractivity contribution in [2.45, 2.75) is 6.10 Å². The summed E-state index contributed by atoms with van der Waals surface area (Å²) in [6.07, 6.45) is -0.547. The number of rotatable bonds is 6. The van der Waals surface area contributed by atoms with E-state index in [4.69, 9.17) is 39.5 Å². The molecule has 3 rings (SSSR count). The van der Waals surface area contributed by atoms with Gasteiger partial charge in [-0.1, -0.05) is 40.9 Å². The highest BCUT2D eigenvalue weighted by Gasteiger charge is 2.23. The van der Waals surface area contributed by atoms with Crippen molar-refractivity contribution >= 4 is 40.5 Å². The minimum atomic E-state index is -0.547. The molecule has 0 radical (unpaired) electrons. The monoisotopic (exact) mass is 415 g/mol. The summed E-state index contributed by atoms with van der Waals surface area (Å²) in [5.74, 6) is 0.538. The standard InChI is InChI=1S/C19H21Cl3N2O2/c20-14-2-1-3-16(10-14)24-8-6-23(7-9-24)12-17(25)13-26-19-5-4-15(21)11-18(19)22/h1-5,10-11,17,25H,6-9,12-13H2/p+1/t17-/m1/s1. The van der Waals surface area contributed by atoms with Crippen molar-refractivity contribution in [3.63, 3.8) is 0 Å². The lowest BCUT2D eigenvalue weighted by molar-refractivity contribution is -0.903. The van der Waals surface area contributed by atoms with E-state index in [0.29, 0.717) is 22.3 Å². The molecule has 2 N–H and O–H groups in total. The summed E-state index contributed by atoms with van der Waals surface area (Å²) < 4.78 is 5.62. The third kappa shape index (κ3) is 5.41. The summed E-state index contributed by atoms with van der Waals surface area (Å²) >= 11 is 18.0. The van der Waals surface area contributed by atoms with Crippen LogP contribution in [0.15, 0.2) is 42.5 Å². The molecule has 0 aliphatic carbocycles. The molecule has 1 fully saturated rings. The molecule has 1 aliphatic heterocycles. The van der Waals surface area contributed by atoms with Crippen LogP contribution in [0.2, 0.25) is 15.1 Å². The van der Waals surface area contributed by atoms with Gasteiger partial charge in [-0.05, 0) is 36.4 Å². The lowest BCUT2D eigenvalue weighted by Gasteiger charge is -2.34. The molecule has 0 bridgehead atoms. The molecule has 0 unspecified atom stereocenters. The number of benzene rings is 2. The Bertz CT molecular complexity index is 736. The molecule has 2 aromatic carbocycles. The number of quaternary nitrogens is 1. The molecule has 1 aliphatic rings. The van der Waals surface area contributed by atoms with Crippen LogP contribution < -0.4 is 14.5 Å². The zero-order valence-electron chi connectivity index (χ0n) is 14.3. The first kappa shape index (κ1) is 19.6. The molecule has 4 nitrogen and oxygen atoms in total. The molecular weight excluding hydrogens is 395 g/mol. The van der Waals surface area contributed by atoms with Crippen molar-refractivity contribution in [2.24, 2.45) is 0 Å². The Labute approximate surface area is 168 Å². The molecule has 2 aromatic rings. The van der Waals surface area contributed by atoms with E-state index >= 15 is 0 Å². The zero-order valence-corrected chi connectivity index (χ0v) is 16.6. The Kier molecular flexibility index (Phi) is 6.90. The number of nitrogens with one attached hydrogen (secondary N) is 1. The molecular formula is C19H22Cl3N2O2+. The first-order valence-electron chi connectivity index (χ1n) is 8.61. The largest absolute Gasteiger partial charge is 0.489 e. The Morgan fingerprint density at radius 1 is 1.04 bits per heavy atom. The van der Waals surface area contributed by atoms with Gasteiger partial charge in [-0.2, -0.15) is 0 Å². The maximum Gasteiger partial charge on any atom is 0.138 e. The van der Waals surface area contributed by atoms with Crippen LogP contribution in [0.1, 0.15) is 0 Å². The number of aliphatic hydroxyl groups excluding tert-OH is 1. The molecule has 0 spiro atoms. The molecule has 0 amide bonds. The van der Waals surface area contributed by atoms with Gasteiger partial charge in [0.15, 0.2) is 0 Å². The molecule has 0 saturated carbocycles. The summed E-state index contributed by atoms with van der Waals surface area (Å²) in [7, 11) is 0. The third-order valence-corrected chi connectivity index (χ3v) is 5.26. The first-order chi connectivity index (χ1) is 12.5. The van der Waals surface area contributed by atoms with Gasteiger partial charge in [0.2, 0.25) is 0 Å². The maximum atomic E-state index is 10.3. The van der Waals surface area contributed by atoms with E-state index in [-0.39, 0.29) is 6.61 Å². The van der Waals surface area contributed by atoms with Crippen LogP contribution >= 0.6 is 34.8 Å². The summed E-state index contributed by atoms with van der Waals surface area (Å²) in [6, 6.07) is 13.0. The highest BCUT2D eigenvalue weighted by atomic mass is 35.5. The second-order valence-electron chi connectivity index (χ2n) is 6.46. The van der Waals surface area contributed by atoms with Crippen molar-refractivity contribution in [1.29, 1.82) is 0 Å². The number of halogens is 3. The fourth-order valence-electron chi connectivity index (χ4n) is 3.13. The number of ether oxygens (including phenoxy) is 1. The van der Waals surface area contributed by atoms with Gasteiger partial charge >= 0.3 is 0 Å². The van der Waals surface area contributed by atoms with Crippen LogP contribution in [-0.2, 0) is 0 Å². The number of piperazine rings is 1. The molecule has 0 aromatic heterocycles. The summed E-state index contributed by atoms with van der Waals surface area (Å²) in [6.45, 7) is 4.66. The average molecular weight is 417 g/mol. The lowest BCUT2D eigenvalue weighted by atomic mass is 10.2. The van der Waals surface area contributed by atoms with E-state index < -0.39 is 6.10 Å². The van der Waals surface area contributed by atoms with Crippen LogP contribution in [-0.4, -0.2) is 50.5 Å². The summed E-state index contributed by atoms with van der Waals surface area (Å²) in [5.41, 5.74) is 1.15. The Balaban J connectivity index is 1.44. The van der Waals surface area contributed by atoms with Crippen molar-refractivity contribution in [3.8, 4) is 5.75 Å². The SMILES string of the molecule is O[C@@H](COc1ccc(Cl)cc1Cl)C[NH+]1CCN(c2cccc(Cl)c2)CC1. The predicted molar refractivity (Wildman–Crippen MR) is 107 cm³/mol. The third-order valence-electron chi connectivity index (χ3n) is 4.49. The normalized spacial score (nSPS) is 16.5. The molecule has 1 atom stereocenters. The second-order valence-corrected chi connectivity index (χ2v) is 7.74. The lowest BCUT2D eigenvalue weighted by Crippen LogP contribution is -3.16. The number of hydrogen-bond acceptors (Lipinski definition) is 3. The van der Waals surface area contributed by atoms with Gasteiger partial charge in [0.1, 0.15) is 25.0 Å². The molecule has 1 saturated heterocycles. The van der Waals surface area contributed by atoms with Crippen LogP contribution in [0.4, 0.5) is 5.69 Å². The predicted octanol–water partition coefficient (Wildman–Crippen LogP) is 2.79. The highest BCUT2D eigenvalue weighted by Crippen LogP contribution is 2.27. The summed E-state index contributed by atoms with van der Waals surface area (Å²) in [4.78, 5) is 3.69. The molecule has 7 heteroatoms. The van der Waals surface area contributed by atoms with Crippen molar-refractivity contribution in [1.82, 2.24) is 0 Å². The van der Waals surface area contributed by atoms with Gasteiger partial charge < -0.3 is 19.6 Å². The zero-order chi connectivity index (χ0) is 18.5. The van der Waals surface area contributed by atoms with Crippen LogP contribution in [0, 0.1) is 0 Å². The average Bonchev–Trinajstić information content (AvgIpc) is 2.61. The van der Waals surface area contributed by atoms with Crippen LogP contribution in [0.25, 0.3) is 0 Å². The number of anilines is 1. The van der Waals surface area contributed by atoms with Crippen molar-refractivity contribution < 1.29 is 14.7 Å². The fourth-order valence-corrected chi connectivity index (χ4v) is 3.78. The van der Waals surface area contributed by atoms with E-state index in [0.717, 1.165) is 36.9 Å². The quantitative estimate of drug-likeness (QED) is 0.760. The van der Waals surface area contributed by atoms with E-state index in [1.54, 1.807) is 18.2 Å². The van der Waals surface area contributed by atoms with Gasteiger partial charge in [0, 0.05) is 15.7 Å². The van der Waals surface area contributed by atoms with E-state index in [9.17, 15) is 5.11 Å². The van der Waals surface area contributed by atoms with Gasteiger partial charge in [-0.3, -0.25) is 0 Å². The van der Waals surface area contributed by atoms with Gasteiger partial charge in [0.05, 0.1) is 31.2 Å². The maximum absolute atomic E-state index is 10.3. The Morgan fingerprint density at radius 2 is 1.77 bits per heavy atom. The van der Waals surface area contributed by atoms with Gasteiger partial charge in [-0.25, -0.2) is 0 Å². The van der Waals surface area contributed by atoms with E-state index in [2.05, 4.69) is 11.0 Å². The number of hydrogen-bond donors (Lipinski definition) is 2. The van der Waals surface area contributed by atoms with Crippen LogP contribution in [0.5, 0.6) is 5.75 Å². The Morgan fingerprint density at radius 3 is 2.46 bits per heavy atom. The minimum Gasteiger partial charge on any atom is -0.489 e. The summed E-state index contributed by atoms with van der Waals surface area (Å²) in [5, 5.41) is 12.0. The van der Waals surface area contributed by atoms with Crippen LogP contribution in [0.3, 0.4) is 0 Å². The fraction of sp³-hybridized carbons (Fsp3) is 0.368. The molecule has 1 heterocycles. The first-order valence-corrected chi connectivity index (χ1v) is 9.74. The highest BCUT2D eigenvalue weighted by molar-refractivity contribution is 6.35. The van der Waals surface area contributed by atoms with Crippen molar-refractivity contribution in [2.75, 3.05) is 44.2 Å². The van der Waals surface area contributed by atoms with Crippen molar-refractivity contribution in [3.05, 3.63) is 57.5 Å². The number of nitrogens with zero attached hydrogens (tertiary/aromatic N) is 1. The Hall–Kier alpha value is -1.17. The molecule has 140 valence electrons. The van der Waals surface area contributed by atoms with E-state index in [1.807, 2.05) is 18.2 Å². The van der Waals surface area contributed by atoms with Gasteiger partial charge in [-0.15, -0.1) is 0 Å². The minimum absolute atomic E-state index is 0.211. The van der Waals surface area contributed by atoms with Gasteiger partial charge in [0.25, 0.3) is 0 Å². The van der Waals surface area contributed by atoms with E-state index in [1.165, 1.54) is 4.90 Å². The topological polar surface area (TPSA) is 37.1 Å². The molecule has 26 heavy (non-hydrogen) atoms. The second kappa shape index (κ2) is 9.16. The smallest absolute Gasteiger partial charge is 0.138 e.